The van der Waals surface area contributed by atoms with E-state index >= 15 is 0 Å². The summed E-state index contributed by atoms with van der Waals surface area (Å²) in [6.45, 7) is 0. The van der Waals surface area contributed by atoms with Crippen molar-refractivity contribution in [3.8, 4) is 0 Å². The third kappa shape index (κ3) is 9.39. The van der Waals surface area contributed by atoms with E-state index in [1.165, 1.54) is 0 Å². The second-order valence-electron chi connectivity index (χ2n) is 0. The van der Waals surface area contributed by atoms with Crippen molar-refractivity contribution < 1.29 is 39.6 Å². The zero-order valence-electron chi connectivity index (χ0n) is 2.27. The quantitative estimate of drug-likeness (QED) is 0.438. The molecule has 0 heterocycles. The molecule has 0 aliphatic rings. The average molecular weight is 198 g/mol. The van der Waals surface area contributed by atoms with E-state index in [1.807, 2.05) is 0 Å². The molecule has 0 saturated carbocycles. The maximum Gasteiger partial charge on any atom is 4.00 e. The third-order valence-electron chi connectivity index (χ3n) is 0. The van der Waals surface area contributed by atoms with Crippen LogP contribution in [0.15, 0.2) is 0 Å². The van der Waals surface area contributed by atoms with Gasteiger partial charge in [0.15, 0.2) is 0 Å². The summed E-state index contributed by atoms with van der Waals surface area (Å²) in [6.07, 6.45) is 0. The molecule has 1 unspecified atom stereocenters. The summed E-state index contributed by atoms with van der Waals surface area (Å²) in [7, 11) is 0. The summed E-state index contributed by atoms with van der Waals surface area (Å²) >= 11 is 0. The van der Waals surface area contributed by atoms with Crippen LogP contribution in [0.4, 0.5) is 0 Å². The van der Waals surface area contributed by atoms with Gasteiger partial charge in [-0.05, 0) is 0 Å². The van der Waals surface area contributed by atoms with Crippen LogP contribution in [-0.2, 0) is 39.6 Å². The Morgan fingerprint density at radius 3 is 1.00 bits per heavy atom. The second kappa shape index (κ2) is 22.6. The summed E-state index contributed by atoms with van der Waals surface area (Å²) in [4.78, 5) is 0. The van der Waals surface area contributed by atoms with Gasteiger partial charge in [-0.2, -0.15) is 9.90 Å². The first-order valence-electron chi connectivity index (χ1n) is 0. The van der Waals surface area contributed by atoms with Crippen molar-refractivity contribution in [2.24, 2.45) is 0 Å². The van der Waals surface area contributed by atoms with Crippen molar-refractivity contribution in [1.82, 2.24) is 6.15 Å². The zero-order valence-corrected chi connectivity index (χ0v) is 7.09. The molecule has 23 valence electrons. The summed E-state index contributed by atoms with van der Waals surface area (Å²) < 4.78 is 0. The van der Waals surface area contributed by atoms with Crippen LogP contribution < -0.4 is 6.15 Å². The summed E-state index contributed by atoms with van der Waals surface area (Å²) in [5.41, 5.74) is 0. The molecular weight excluding hydrogens is 192 g/mol. The Kier molecular flexibility index (Phi) is 252. The number of hydrogen-bond donors (Lipinski definition) is 1. The molecule has 0 aliphatic heterocycles. The Morgan fingerprint density at radius 2 is 1.00 bits per heavy atom. The van der Waals surface area contributed by atoms with Gasteiger partial charge in [0.05, 0.1) is 0 Å². The summed E-state index contributed by atoms with van der Waals surface area (Å²) in [5, 5.41) is 0. The minimum Gasteiger partial charge on any atom is -0.344 e. The Bertz CT molecular complexity index is 8.00. The van der Waals surface area contributed by atoms with Crippen molar-refractivity contribution in [2.75, 3.05) is 0 Å². The smallest absolute Gasteiger partial charge is 0.344 e. The van der Waals surface area contributed by atoms with Gasteiger partial charge in [-0.1, -0.05) is 0 Å². The molecule has 4 heteroatoms. The van der Waals surface area contributed by atoms with Crippen LogP contribution in [0.5, 0.6) is 0 Å². The van der Waals surface area contributed by atoms with E-state index in [4.69, 9.17) is 0 Å². The molecule has 1 nitrogen and oxygen atoms in total. The summed E-state index contributed by atoms with van der Waals surface area (Å²) in [5.74, 6) is 0. The van der Waals surface area contributed by atoms with Crippen molar-refractivity contribution in [3.63, 3.8) is 0 Å². The van der Waals surface area contributed by atoms with Crippen molar-refractivity contribution in [1.29, 1.82) is 0 Å². The van der Waals surface area contributed by atoms with Gasteiger partial charge in [-0.25, -0.2) is 0 Å². The molecule has 1 radical (unpaired) electrons. The van der Waals surface area contributed by atoms with E-state index in [9.17, 15) is 0 Å². The molecule has 0 fully saturated rings. The predicted molar refractivity (Wildman–Crippen MR) is 16.1 cm³/mol. The third-order valence-corrected chi connectivity index (χ3v) is 0. The standard InChI is InChI=1S/Mo.H3N.H3P.V/h;2*1H3;/q+4;;;. The molecule has 0 amide bonds. The van der Waals surface area contributed by atoms with Gasteiger partial charge >= 0.3 is 21.1 Å². The molecule has 0 bridgehead atoms. The number of hydrogen-bond acceptors (Lipinski definition) is 1. The van der Waals surface area contributed by atoms with E-state index in [0.29, 0.717) is 0 Å². The SMILES string of the molecule is N.P.[Mo+4].[V]. The molecule has 0 aromatic carbocycles. The van der Waals surface area contributed by atoms with Gasteiger partial charge < -0.3 is 6.15 Å². The average Bonchev–Trinajstić information content (AvgIpc) is 0. The van der Waals surface area contributed by atoms with Gasteiger partial charge in [0.2, 0.25) is 0 Å². The van der Waals surface area contributed by atoms with E-state index < -0.39 is 0 Å². The van der Waals surface area contributed by atoms with Crippen LogP contribution in [0.3, 0.4) is 0 Å². The second-order valence-corrected chi connectivity index (χ2v) is 0. The maximum atomic E-state index is 0. The van der Waals surface area contributed by atoms with Crippen molar-refractivity contribution in [2.45, 2.75) is 0 Å². The fourth-order valence-electron chi connectivity index (χ4n) is 0. The molecule has 0 saturated heterocycles. The zero-order chi connectivity index (χ0) is 0. The van der Waals surface area contributed by atoms with Crippen LogP contribution >= 0.6 is 9.90 Å². The normalized spacial score (nSPS) is 0. The summed E-state index contributed by atoms with van der Waals surface area (Å²) in [6, 6.07) is 0. The fourth-order valence-corrected chi connectivity index (χ4v) is 0. The monoisotopic (exact) mass is 200 g/mol. The van der Waals surface area contributed by atoms with Gasteiger partial charge in [0.1, 0.15) is 0 Å². The maximum absolute atomic E-state index is 0. The van der Waals surface area contributed by atoms with Crippen LogP contribution in [-0.4, -0.2) is 0 Å². The molecule has 4 heavy (non-hydrogen) atoms. The van der Waals surface area contributed by atoms with Crippen LogP contribution in [0, 0.1) is 0 Å². The Balaban J connectivity index is 0. The Morgan fingerprint density at radius 1 is 1.00 bits per heavy atom. The molecule has 3 N–H and O–H groups in total. The molecule has 0 rings (SSSR count). The van der Waals surface area contributed by atoms with Gasteiger partial charge in [0.25, 0.3) is 0 Å². The molecule has 0 aromatic heterocycles. The van der Waals surface area contributed by atoms with E-state index in [2.05, 4.69) is 0 Å². The first-order chi connectivity index (χ1) is 0. The van der Waals surface area contributed by atoms with Gasteiger partial charge in [0, 0.05) is 18.6 Å². The van der Waals surface area contributed by atoms with Gasteiger partial charge in [-0.15, -0.1) is 0 Å². The molecule has 1 atom stereocenters. The molecular formula is H6MoNPV+4. The molecule has 0 aliphatic carbocycles. The fraction of sp³-hybridized carbons (Fsp3) is 0. The first-order valence-corrected chi connectivity index (χ1v) is 0. The number of rotatable bonds is 0. The predicted octanol–water partition coefficient (Wildman–Crippen LogP) is 0.215. The Labute approximate surface area is 55.7 Å². The Hall–Kier alpha value is 1.66. The minimum atomic E-state index is 0. The van der Waals surface area contributed by atoms with Crippen LogP contribution in [0.1, 0.15) is 0 Å². The van der Waals surface area contributed by atoms with E-state index in [-0.39, 0.29) is 55.7 Å². The van der Waals surface area contributed by atoms with Crippen molar-refractivity contribution >= 4 is 9.90 Å². The van der Waals surface area contributed by atoms with Gasteiger partial charge in [-0.3, -0.25) is 0 Å². The van der Waals surface area contributed by atoms with Crippen LogP contribution in [0.2, 0.25) is 0 Å². The molecule has 0 aromatic rings. The molecule has 0 spiro atoms. The van der Waals surface area contributed by atoms with E-state index in [1.54, 1.807) is 0 Å². The first kappa shape index (κ1) is 44.5. The van der Waals surface area contributed by atoms with E-state index in [0.717, 1.165) is 0 Å². The van der Waals surface area contributed by atoms with Crippen LogP contribution in [0.25, 0.3) is 0 Å². The topological polar surface area (TPSA) is 35.0 Å². The minimum absolute atomic E-state index is 0. The van der Waals surface area contributed by atoms with Crippen molar-refractivity contribution in [3.05, 3.63) is 0 Å². The largest absolute Gasteiger partial charge is 4.00 e.